The van der Waals surface area contributed by atoms with Crippen LogP contribution in [0.2, 0.25) is 0 Å². The number of hydrogen-bond acceptors (Lipinski definition) is 2. The van der Waals surface area contributed by atoms with Crippen LogP contribution in [-0.2, 0) is 12.5 Å². The summed E-state index contributed by atoms with van der Waals surface area (Å²) >= 11 is 0. The molecule has 0 amide bonds. The molecule has 13 heavy (non-hydrogen) atoms. The molecule has 2 rings (SSSR count). The summed E-state index contributed by atoms with van der Waals surface area (Å²) in [5, 5.41) is 9.52. The smallest absolute Gasteiger partial charge is 0.114 e. The lowest BCUT2D eigenvalue weighted by atomic mass is 9.87. The second kappa shape index (κ2) is 2.84. The summed E-state index contributed by atoms with van der Waals surface area (Å²) in [6.45, 7) is 2.19. The van der Waals surface area contributed by atoms with Crippen molar-refractivity contribution in [3.05, 3.63) is 18.2 Å². The van der Waals surface area contributed by atoms with Crippen LogP contribution in [0.15, 0.2) is 12.4 Å². The summed E-state index contributed by atoms with van der Waals surface area (Å²) in [5.41, 5.74) is 0.0810. The molecule has 1 heterocycles. The molecule has 0 radical (unpaired) electrons. The standard InChI is InChI=1S/C10H16N2O/c1-10(4-3-8(13)7-10)9-11-5-6-12(9)2/h5-6,8,13H,3-4,7H2,1-2H3. The lowest BCUT2D eigenvalue weighted by Gasteiger charge is -2.22. The van der Waals surface area contributed by atoms with E-state index in [4.69, 9.17) is 0 Å². The van der Waals surface area contributed by atoms with E-state index < -0.39 is 0 Å². The van der Waals surface area contributed by atoms with Crippen molar-refractivity contribution in [1.29, 1.82) is 0 Å². The highest BCUT2D eigenvalue weighted by Crippen LogP contribution is 2.39. The Morgan fingerprint density at radius 1 is 1.69 bits per heavy atom. The topological polar surface area (TPSA) is 38.0 Å². The van der Waals surface area contributed by atoms with E-state index in [1.807, 2.05) is 19.4 Å². The minimum Gasteiger partial charge on any atom is -0.393 e. The molecule has 0 saturated heterocycles. The van der Waals surface area contributed by atoms with Gasteiger partial charge in [-0.25, -0.2) is 4.98 Å². The van der Waals surface area contributed by atoms with E-state index in [2.05, 4.69) is 16.5 Å². The third kappa shape index (κ3) is 1.37. The summed E-state index contributed by atoms with van der Waals surface area (Å²) in [7, 11) is 2.01. The lowest BCUT2D eigenvalue weighted by Crippen LogP contribution is -2.23. The van der Waals surface area contributed by atoms with Gasteiger partial charge < -0.3 is 9.67 Å². The molecule has 1 saturated carbocycles. The Bertz CT molecular complexity index is 308. The zero-order chi connectivity index (χ0) is 9.47. The maximum Gasteiger partial charge on any atom is 0.114 e. The molecule has 0 spiro atoms. The fraction of sp³-hybridized carbons (Fsp3) is 0.700. The van der Waals surface area contributed by atoms with Crippen LogP contribution in [-0.4, -0.2) is 20.8 Å². The fourth-order valence-corrected chi connectivity index (χ4v) is 2.36. The van der Waals surface area contributed by atoms with Crippen molar-refractivity contribution in [1.82, 2.24) is 9.55 Å². The van der Waals surface area contributed by atoms with Crippen LogP contribution in [0.1, 0.15) is 32.0 Å². The van der Waals surface area contributed by atoms with Gasteiger partial charge in [-0.3, -0.25) is 0 Å². The van der Waals surface area contributed by atoms with Crippen LogP contribution in [0, 0.1) is 0 Å². The van der Waals surface area contributed by atoms with Gasteiger partial charge in [-0.15, -0.1) is 0 Å². The Labute approximate surface area is 78.4 Å². The molecular formula is C10H16N2O. The number of aliphatic hydroxyl groups excluding tert-OH is 1. The highest BCUT2D eigenvalue weighted by molar-refractivity contribution is 5.11. The molecule has 1 aromatic heterocycles. The molecule has 2 unspecified atom stereocenters. The Morgan fingerprint density at radius 2 is 2.46 bits per heavy atom. The average Bonchev–Trinajstić information content (AvgIpc) is 2.59. The van der Waals surface area contributed by atoms with Gasteiger partial charge in [-0.2, -0.15) is 0 Å². The van der Waals surface area contributed by atoms with Gasteiger partial charge in [0.25, 0.3) is 0 Å². The molecule has 3 nitrogen and oxygen atoms in total. The lowest BCUT2D eigenvalue weighted by molar-refractivity contribution is 0.174. The monoisotopic (exact) mass is 180 g/mol. The molecular weight excluding hydrogens is 164 g/mol. The van der Waals surface area contributed by atoms with E-state index >= 15 is 0 Å². The summed E-state index contributed by atoms with van der Waals surface area (Å²) in [6, 6.07) is 0. The van der Waals surface area contributed by atoms with Gasteiger partial charge in [0, 0.05) is 24.9 Å². The van der Waals surface area contributed by atoms with Crippen molar-refractivity contribution < 1.29 is 5.11 Å². The van der Waals surface area contributed by atoms with Crippen LogP contribution < -0.4 is 0 Å². The zero-order valence-electron chi connectivity index (χ0n) is 8.20. The molecule has 2 atom stereocenters. The third-order valence-corrected chi connectivity index (χ3v) is 3.08. The molecule has 1 aliphatic carbocycles. The first-order chi connectivity index (χ1) is 6.12. The number of rotatable bonds is 1. The summed E-state index contributed by atoms with van der Waals surface area (Å²) in [5.74, 6) is 1.10. The molecule has 1 fully saturated rings. The first-order valence-corrected chi connectivity index (χ1v) is 4.78. The first kappa shape index (κ1) is 8.75. The van der Waals surface area contributed by atoms with Crippen LogP contribution in [0.3, 0.4) is 0 Å². The van der Waals surface area contributed by atoms with Gasteiger partial charge in [-0.1, -0.05) is 6.92 Å². The van der Waals surface area contributed by atoms with Crippen molar-refractivity contribution in [2.75, 3.05) is 0 Å². The molecule has 72 valence electrons. The minimum atomic E-state index is -0.137. The highest BCUT2D eigenvalue weighted by Gasteiger charge is 2.38. The molecule has 1 aliphatic rings. The Hall–Kier alpha value is -0.830. The van der Waals surface area contributed by atoms with Crippen LogP contribution in [0.4, 0.5) is 0 Å². The SMILES string of the molecule is Cn1ccnc1C1(C)CCC(O)C1. The summed E-state index contributed by atoms with van der Waals surface area (Å²) < 4.78 is 2.05. The molecule has 1 N–H and O–H groups in total. The first-order valence-electron chi connectivity index (χ1n) is 4.78. The van der Waals surface area contributed by atoms with Gasteiger partial charge in [0.2, 0.25) is 0 Å². The summed E-state index contributed by atoms with van der Waals surface area (Å²) in [6.07, 6.45) is 6.44. The molecule has 1 aromatic rings. The van der Waals surface area contributed by atoms with Gasteiger partial charge in [-0.05, 0) is 19.3 Å². The van der Waals surface area contributed by atoms with E-state index in [9.17, 15) is 5.11 Å². The second-order valence-electron chi connectivity index (χ2n) is 4.32. The fourth-order valence-electron chi connectivity index (χ4n) is 2.36. The molecule has 0 aromatic carbocycles. The quantitative estimate of drug-likeness (QED) is 0.705. The van der Waals surface area contributed by atoms with Gasteiger partial charge in [0.1, 0.15) is 5.82 Å². The van der Waals surface area contributed by atoms with Crippen LogP contribution in [0.25, 0.3) is 0 Å². The second-order valence-corrected chi connectivity index (χ2v) is 4.32. The van der Waals surface area contributed by atoms with Crippen molar-refractivity contribution >= 4 is 0 Å². The Morgan fingerprint density at radius 3 is 2.92 bits per heavy atom. The predicted octanol–water partition coefficient (Wildman–Crippen LogP) is 1.22. The normalized spacial score (nSPS) is 33.9. The van der Waals surface area contributed by atoms with E-state index in [0.717, 1.165) is 25.1 Å². The largest absolute Gasteiger partial charge is 0.393 e. The van der Waals surface area contributed by atoms with E-state index in [1.54, 1.807) is 0 Å². The average molecular weight is 180 g/mol. The third-order valence-electron chi connectivity index (χ3n) is 3.08. The Balaban J connectivity index is 2.30. The van der Waals surface area contributed by atoms with Crippen molar-refractivity contribution in [3.63, 3.8) is 0 Å². The highest BCUT2D eigenvalue weighted by atomic mass is 16.3. The molecule has 0 aliphatic heterocycles. The number of aryl methyl sites for hydroxylation is 1. The number of aromatic nitrogens is 2. The van der Waals surface area contributed by atoms with Gasteiger partial charge >= 0.3 is 0 Å². The maximum atomic E-state index is 9.52. The zero-order valence-corrected chi connectivity index (χ0v) is 8.20. The van der Waals surface area contributed by atoms with Crippen molar-refractivity contribution in [2.24, 2.45) is 7.05 Å². The van der Waals surface area contributed by atoms with Crippen molar-refractivity contribution in [3.8, 4) is 0 Å². The predicted molar refractivity (Wildman–Crippen MR) is 50.4 cm³/mol. The number of imidazole rings is 1. The van der Waals surface area contributed by atoms with E-state index in [1.165, 1.54) is 0 Å². The van der Waals surface area contributed by atoms with Gasteiger partial charge in [0.05, 0.1) is 6.10 Å². The summed E-state index contributed by atoms with van der Waals surface area (Å²) in [4.78, 5) is 4.36. The maximum absolute atomic E-state index is 9.52. The molecule has 0 bridgehead atoms. The van der Waals surface area contributed by atoms with Crippen LogP contribution >= 0.6 is 0 Å². The van der Waals surface area contributed by atoms with E-state index in [0.29, 0.717) is 0 Å². The van der Waals surface area contributed by atoms with Crippen LogP contribution in [0.5, 0.6) is 0 Å². The van der Waals surface area contributed by atoms with Gasteiger partial charge in [0.15, 0.2) is 0 Å². The molecule has 3 heteroatoms. The number of nitrogens with zero attached hydrogens (tertiary/aromatic N) is 2. The Kier molecular flexibility index (Phi) is 1.91. The van der Waals surface area contributed by atoms with Crippen molar-refractivity contribution in [2.45, 2.75) is 37.7 Å². The number of hydrogen-bond donors (Lipinski definition) is 1. The minimum absolute atomic E-state index is 0.0810. The van der Waals surface area contributed by atoms with E-state index in [-0.39, 0.29) is 11.5 Å². The number of aliphatic hydroxyl groups is 1.